The number of hydrogen-bond acceptors (Lipinski definition) is 6. The molecule has 8 nitrogen and oxygen atoms in total. The Labute approximate surface area is 218 Å². The molecule has 0 spiro atoms. The Balaban J connectivity index is 1.25. The van der Waals surface area contributed by atoms with Crippen LogP contribution in [0.4, 0.5) is 26.1 Å². The van der Waals surface area contributed by atoms with Gasteiger partial charge in [-0.25, -0.2) is 18.7 Å². The Bertz CT molecular complexity index is 1450. The van der Waals surface area contributed by atoms with Gasteiger partial charge in [0.15, 0.2) is 0 Å². The van der Waals surface area contributed by atoms with Crippen LogP contribution in [0, 0.1) is 28.9 Å². The lowest BCUT2D eigenvalue weighted by Gasteiger charge is -2.21. The molecule has 2 aromatic carbocycles. The van der Waals surface area contributed by atoms with Crippen molar-refractivity contribution in [3.05, 3.63) is 84.3 Å². The van der Waals surface area contributed by atoms with Crippen molar-refractivity contribution in [2.75, 3.05) is 10.6 Å². The molecular formula is C28H25F2N7O. The number of aromatic nitrogens is 4. The summed E-state index contributed by atoms with van der Waals surface area (Å²) in [6, 6.07) is 13.6. The standard InChI is InChI=1S/C28H25F2N7O/c29-21-13-19(14-22(30)15-21)27(38)34-23-5-7-24(8-6-23)35-28-32-12-10-25(36-28)20-16-33-37(17-20)26(9-11-31)18-3-1-2-4-18/h5-8,10,12-18,26H,1-4,9H2,(H,34,38)(H,32,35,36). The van der Waals surface area contributed by atoms with Crippen LogP contribution in [0.25, 0.3) is 11.3 Å². The summed E-state index contributed by atoms with van der Waals surface area (Å²) >= 11 is 0. The molecule has 38 heavy (non-hydrogen) atoms. The van der Waals surface area contributed by atoms with E-state index in [1.54, 1.807) is 42.7 Å². The number of halogens is 2. The van der Waals surface area contributed by atoms with Crippen molar-refractivity contribution in [1.82, 2.24) is 19.7 Å². The summed E-state index contributed by atoms with van der Waals surface area (Å²) in [4.78, 5) is 21.2. The van der Waals surface area contributed by atoms with Crippen molar-refractivity contribution < 1.29 is 13.6 Å². The zero-order chi connectivity index (χ0) is 26.5. The Morgan fingerprint density at radius 2 is 1.79 bits per heavy atom. The predicted octanol–water partition coefficient (Wildman–Crippen LogP) is 6.26. The number of nitrogens with one attached hydrogen (secondary N) is 2. The molecule has 2 heterocycles. The highest BCUT2D eigenvalue weighted by Gasteiger charge is 2.27. The van der Waals surface area contributed by atoms with E-state index in [4.69, 9.17) is 0 Å². The van der Waals surface area contributed by atoms with Crippen LogP contribution in [-0.2, 0) is 0 Å². The van der Waals surface area contributed by atoms with E-state index < -0.39 is 17.5 Å². The highest BCUT2D eigenvalue weighted by atomic mass is 19.1. The van der Waals surface area contributed by atoms with Crippen LogP contribution in [0.3, 0.4) is 0 Å². The fourth-order valence-corrected chi connectivity index (χ4v) is 4.80. The maximum Gasteiger partial charge on any atom is 0.255 e. The van der Waals surface area contributed by atoms with Gasteiger partial charge in [-0.15, -0.1) is 0 Å². The summed E-state index contributed by atoms with van der Waals surface area (Å²) in [6.45, 7) is 0. The Hall–Kier alpha value is -4.65. The van der Waals surface area contributed by atoms with Crippen molar-refractivity contribution in [3.63, 3.8) is 0 Å². The summed E-state index contributed by atoms with van der Waals surface area (Å²) in [6.07, 6.45) is 10.4. The minimum Gasteiger partial charge on any atom is -0.324 e. The molecule has 192 valence electrons. The molecule has 0 saturated heterocycles. The third kappa shape index (κ3) is 5.83. The second kappa shape index (κ2) is 11.2. The lowest BCUT2D eigenvalue weighted by atomic mass is 9.96. The Kier molecular flexibility index (Phi) is 7.35. The number of hydrogen-bond donors (Lipinski definition) is 2. The maximum atomic E-state index is 13.4. The van der Waals surface area contributed by atoms with Gasteiger partial charge in [0.2, 0.25) is 5.95 Å². The third-order valence-corrected chi connectivity index (χ3v) is 6.66. The van der Waals surface area contributed by atoms with E-state index in [-0.39, 0.29) is 11.6 Å². The van der Waals surface area contributed by atoms with Crippen molar-refractivity contribution in [2.45, 2.75) is 38.1 Å². The predicted molar refractivity (Wildman–Crippen MR) is 139 cm³/mol. The van der Waals surface area contributed by atoms with Gasteiger partial charge < -0.3 is 10.6 Å². The quantitative estimate of drug-likeness (QED) is 0.288. The average Bonchev–Trinajstić information content (AvgIpc) is 3.61. The minimum atomic E-state index is -0.819. The van der Waals surface area contributed by atoms with E-state index in [0.29, 0.717) is 41.4 Å². The molecule has 1 amide bonds. The van der Waals surface area contributed by atoms with E-state index in [2.05, 4.69) is 31.8 Å². The summed E-state index contributed by atoms with van der Waals surface area (Å²) in [5.74, 6) is -1.41. The van der Waals surface area contributed by atoms with Gasteiger partial charge in [-0.1, -0.05) is 12.8 Å². The van der Waals surface area contributed by atoms with Gasteiger partial charge >= 0.3 is 0 Å². The van der Waals surface area contributed by atoms with Crippen molar-refractivity contribution >= 4 is 23.2 Å². The van der Waals surface area contributed by atoms with E-state index in [0.717, 1.165) is 30.5 Å². The van der Waals surface area contributed by atoms with E-state index in [1.807, 2.05) is 10.9 Å². The number of amides is 1. The van der Waals surface area contributed by atoms with Crippen LogP contribution in [0.1, 0.15) is 48.5 Å². The van der Waals surface area contributed by atoms with Crippen LogP contribution < -0.4 is 10.6 Å². The third-order valence-electron chi connectivity index (χ3n) is 6.66. The summed E-state index contributed by atoms with van der Waals surface area (Å²) in [5.41, 5.74) is 2.56. The largest absolute Gasteiger partial charge is 0.324 e. The maximum absolute atomic E-state index is 13.4. The summed E-state index contributed by atoms with van der Waals surface area (Å²) in [7, 11) is 0. The molecule has 1 fully saturated rings. The van der Waals surface area contributed by atoms with Gasteiger partial charge in [0.25, 0.3) is 5.91 Å². The summed E-state index contributed by atoms with van der Waals surface area (Å²) in [5, 5.41) is 19.6. The van der Waals surface area contributed by atoms with Gasteiger partial charge in [-0.3, -0.25) is 9.48 Å². The fourth-order valence-electron chi connectivity index (χ4n) is 4.80. The molecule has 1 unspecified atom stereocenters. The monoisotopic (exact) mass is 513 g/mol. The molecule has 2 N–H and O–H groups in total. The van der Waals surface area contributed by atoms with Gasteiger partial charge in [-0.2, -0.15) is 10.4 Å². The number of anilines is 3. The number of carbonyl (C=O) groups is 1. The van der Waals surface area contributed by atoms with Crippen LogP contribution in [0.2, 0.25) is 0 Å². The molecule has 5 rings (SSSR count). The molecular weight excluding hydrogens is 488 g/mol. The number of carbonyl (C=O) groups excluding carboxylic acids is 1. The molecule has 10 heteroatoms. The normalized spacial score (nSPS) is 14.1. The van der Waals surface area contributed by atoms with E-state index in [9.17, 15) is 18.8 Å². The van der Waals surface area contributed by atoms with Crippen molar-refractivity contribution in [2.24, 2.45) is 5.92 Å². The number of rotatable bonds is 8. The fraction of sp³-hybridized carbons (Fsp3) is 0.250. The first-order chi connectivity index (χ1) is 18.5. The van der Waals surface area contributed by atoms with E-state index in [1.165, 1.54) is 12.8 Å². The Morgan fingerprint density at radius 1 is 1.08 bits per heavy atom. The van der Waals surface area contributed by atoms with Crippen molar-refractivity contribution in [3.8, 4) is 17.3 Å². The molecule has 2 aromatic heterocycles. The average molecular weight is 514 g/mol. The molecule has 1 aliphatic carbocycles. The molecule has 4 aromatic rings. The smallest absolute Gasteiger partial charge is 0.255 e. The Morgan fingerprint density at radius 3 is 2.50 bits per heavy atom. The van der Waals surface area contributed by atoms with Crippen LogP contribution >= 0.6 is 0 Å². The SMILES string of the molecule is N#CCC(C1CCCC1)n1cc(-c2ccnc(Nc3ccc(NC(=O)c4cc(F)cc(F)c4)cc3)n2)cn1. The van der Waals surface area contributed by atoms with Crippen molar-refractivity contribution in [1.29, 1.82) is 5.26 Å². The first kappa shape index (κ1) is 25.0. The van der Waals surface area contributed by atoms with Gasteiger partial charge in [0.05, 0.1) is 30.4 Å². The highest BCUT2D eigenvalue weighted by molar-refractivity contribution is 6.04. The highest BCUT2D eigenvalue weighted by Crippen LogP contribution is 2.36. The lowest BCUT2D eigenvalue weighted by Crippen LogP contribution is -2.17. The van der Waals surface area contributed by atoms with E-state index >= 15 is 0 Å². The zero-order valence-electron chi connectivity index (χ0n) is 20.4. The molecule has 0 bridgehead atoms. The molecule has 1 aliphatic rings. The second-order valence-electron chi connectivity index (χ2n) is 9.26. The molecule has 0 aliphatic heterocycles. The first-order valence-corrected chi connectivity index (χ1v) is 12.4. The first-order valence-electron chi connectivity index (χ1n) is 12.4. The van der Waals surface area contributed by atoms with Gasteiger partial charge in [0, 0.05) is 41.0 Å². The summed E-state index contributed by atoms with van der Waals surface area (Å²) < 4.78 is 28.7. The molecule has 1 saturated carbocycles. The lowest BCUT2D eigenvalue weighted by molar-refractivity contribution is 0.102. The molecule has 0 radical (unpaired) electrons. The van der Waals surface area contributed by atoms with Crippen LogP contribution in [-0.4, -0.2) is 25.7 Å². The molecule has 1 atom stereocenters. The van der Waals surface area contributed by atoms with Gasteiger partial charge in [0.1, 0.15) is 11.6 Å². The minimum absolute atomic E-state index is 0.0645. The van der Waals surface area contributed by atoms with Crippen LogP contribution in [0.5, 0.6) is 0 Å². The zero-order valence-corrected chi connectivity index (χ0v) is 20.4. The number of benzene rings is 2. The number of nitrogens with zero attached hydrogens (tertiary/aromatic N) is 5. The topological polar surface area (TPSA) is 109 Å². The van der Waals surface area contributed by atoms with Crippen LogP contribution in [0.15, 0.2) is 67.1 Å². The number of nitriles is 1. The second-order valence-corrected chi connectivity index (χ2v) is 9.26. The van der Waals surface area contributed by atoms with Gasteiger partial charge in [-0.05, 0) is 61.2 Å².